The van der Waals surface area contributed by atoms with Crippen molar-refractivity contribution in [3.8, 4) is 5.75 Å². The zero-order valence-corrected chi connectivity index (χ0v) is 15.7. The van der Waals surface area contributed by atoms with Gasteiger partial charge in [-0.2, -0.15) is 0 Å². The van der Waals surface area contributed by atoms with Crippen molar-refractivity contribution in [3.63, 3.8) is 0 Å². The average Bonchev–Trinajstić information content (AvgIpc) is 2.68. The van der Waals surface area contributed by atoms with Crippen LogP contribution in [-0.4, -0.2) is 24.0 Å². The van der Waals surface area contributed by atoms with Crippen LogP contribution >= 0.6 is 11.8 Å². The Morgan fingerprint density at radius 2 is 1.73 bits per heavy atom. The first-order valence-electron chi connectivity index (χ1n) is 8.76. The van der Waals surface area contributed by atoms with Crippen LogP contribution in [0.4, 0.5) is 0 Å². The predicted molar refractivity (Wildman–Crippen MR) is 110 cm³/mol. The van der Waals surface area contributed by atoms with Gasteiger partial charge in [-0.1, -0.05) is 54.6 Å². The molecule has 0 saturated heterocycles. The minimum absolute atomic E-state index is 0.00623. The standard InChI is InChI=1S/C22H23NO2S/c1-17(19-12-11-18-7-5-6-8-20(18)15-19)23-22(24)16-26-14-13-25-21-9-3-2-4-10-21/h2-12,15,17H,13-14,16H2,1H3,(H,23,24). The highest BCUT2D eigenvalue weighted by Gasteiger charge is 2.10. The highest BCUT2D eigenvalue weighted by Crippen LogP contribution is 2.20. The third-order valence-electron chi connectivity index (χ3n) is 4.12. The van der Waals surface area contributed by atoms with Crippen molar-refractivity contribution in [1.82, 2.24) is 5.32 Å². The Morgan fingerprint density at radius 1 is 1.00 bits per heavy atom. The minimum Gasteiger partial charge on any atom is -0.493 e. The number of hydrogen-bond donors (Lipinski definition) is 1. The van der Waals surface area contributed by atoms with Crippen LogP contribution in [0.1, 0.15) is 18.5 Å². The molecule has 1 atom stereocenters. The van der Waals surface area contributed by atoms with Crippen LogP contribution in [0.25, 0.3) is 10.8 Å². The second kappa shape index (κ2) is 9.30. The molecule has 4 heteroatoms. The third-order valence-corrected chi connectivity index (χ3v) is 5.05. The Hall–Kier alpha value is -2.46. The molecule has 0 aromatic heterocycles. The maximum atomic E-state index is 12.2. The van der Waals surface area contributed by atoms with Gasteiger partial charge in [0.25, 0.3) is 0 Å². The summed E-state index contributed by atoms with van der Waals surface area (Å²) in [5, 5.41) is 5.47. The number of amides is 1. The van der Waals surface area contributed by atoms with Crippen LogP contribution in [-0.2, 0) is 4.79 Å². The fraction of sp³-hybridized carbons (Fsp3) is 0.227. The van der Waals surface area contributed by atoms with Gasteiger partial charge in [-0.3, -0.25) is 4.79 Å². The van der Waals surface area contributed by atoms with Crippen molar-refractivity contribution in [2.75, 3.05) is 18.1 Å². The number of fused-ring (bicyclic) bond motifs is 1. The van der Waals surface area contributed by atoms with Gasteiger partial charge >= 0.3 is 0 Å². The molecule has 1 unspecified atom stereocenters. The van der Waals surface area contributed by atoms with E-state index in [1.807, 2.05) is 49.4 Å². The van der Waals surface area contributed by atoms with Crippen molar-refractivity contribution in [3.05, 3.63) is 78.4 Å². The van der Waals surface area contributed by atoms with Gasteiger partial charge in [-0.15, -0.1) is 11.8 Å². The van der Waals surface area contributed by atoms with Gasteiger partial charge in [0.1, 0.15) is 5.75 Å². The van der Waals surface area contributed by atoms with Crippen LogP contribution in [0.2, 0.25) is 0 Å². The Bertz CT molecular complexity index is 851. The first kappa shape index (κ1) is 18.3. The third kappa shape index (κ3) is 5.27. The van der Waals surface area contributed by atoms with Crippen LogP contribution in [0.5, 0.6) is 5.75 Å². The smallest absolute Gasteiger partial charge is 0.230 e. The molecular weight excluding hydrogens is 342 g/mol. The Labute approximate surface area is 158 Å². The highest BCUT2D eigenvalue weighted by molar-refractivity contribution is 7.99. The van der Waals surface area contributed by atoms with Gasteiger partial charge < -0.3 is 10.1 Å². The lowest BCUT2D eigenvalue weighted by Crippen LogP contribution is -2.28. The van der Waals surface area contributed by atoms with Crippen molar-refractivity contribution in [1.29, 1.82) is 0 Å². The van der Waals surface area contributed by atoms with E-state index in [-0.39, 0.29) is 11.9 Å². The number of carbonyl (C=O) groups is 1. The molecule has 134 valence electrons. The van der Waals surface area contributed by atoms with E-state index in [2.05, 4.69) is 35.6 Å². The van der Waals surface area contributed by atoms with E-state index < -0.39 is 0 Å². The molecule has 0 radical (unpaired) electrons. The van der Waals surface area contributed by atoms with E-state index in [4.69, 9.17) is 4.74 Å². The average molecular weight is 365 g/mol. The summed E-state index contributed by atoms with van der Waals surface area (Å²) in [6.45, 7) is 2.62. The number of rotatable bonds is 8. The van der Waals surface area contributed by atoms with E-state index in [1.54, 1.807) is 11.8 Å². The van der Waals surface area contributed by atoms with Crippen molar-refractivity contribution in [2.45, 2.75) is 13.0 Å². The minimum atomic E-state index is -0.00623. The number of hydrogen-bond acceptors (Lipinski definition) is 3. The fourth-order valence-corrected chi connectivity index (χ4v) is 3.36. The Kier molecular flexibility index (Phi) is 6.56. The molecule has 1 amide bonds. The zero-order chi connectivity index (χ0) is 18.2. The van der Waals surface area contributed by atoms with E-state index in [0.717, 1.165) is 17.1 Å². The molecule has 0 heterocycles. The zero-order valence-electron chi connectivity index (χ0n) is 14.9. The number of carbonyl (C=O) groups excluding carboxylic acids is 1. The van der Waals surface area contributed by atoms with Crippen molar-refractivity contribution >= 4 is 28.4 Å². The molecule has 0 spiro atoms. The van der Waals surface area contributed by atoms with Gasteiger partial charge in [0.2, 0.25) is 5.91 Å². The van der Waals surface area contributed by atoms with Gasteiger partial charge in [0.05, 0.1) is 18.4 Å². The molecule has 0 fully saturated rings. The highest BCUT2D eigenvalue weighted by atomic mass is 32.2. The fourth-order valence-electron chi connectivity index (χ4n) is 2.74. The number of ether oxygens (including phenoxy) is 1. The summed E-state index contributed by atoms with van der Waals surface area (Å²) in [4.78, 5) is 12.2. The van der Waals surface area contributed by atoms with Crippen molar-refractivity contribution in [2.24, 2.45) is 0 Å². The largest absolute Gasteiger partial charge is 0.493 e. The lowest BCUT2D eigenvalue weighted by molar-refractivity contribution is -0.119. The number of benzene rings is 3. The summed E-state index contributed by atoms with van der Waals surface area (Å²) in [5.41, 5.74) is 1.12. The van der Waals surface area contributed by atoms with E-state index in [1.165, 1.54) is 10.8 Å². The molecule has 3 rings (SSSR count). The SMILES string of the molecule is CC(NC(=O)CSCCOc1ccccc1)c1ccc2ccccc2c1. The predicted octanol–water partition coefficient (Wildman–Crippen LogP) is 4.83. The number of thioether (sulfide) groups is 1. The Morgan fingerprint density at radius 3 is 2.54 bits per heavy atom. The maximum absolute atomic E-state index is 12.2. The summed E-state index contributed by atoms with van der Waals surface area (Å²) >= 11 is 1.58. The molecule has 0 aliphatic carbocycles. The number of nitrogens with one attached hydrogen (secondary N) is 1. The van der Waals surface area contributed by atoms with Gasteiger partial charge in [-0.25, -0.2) is 0 Å². The van der Waals surface area contributed by atoms with E-state index in [0.29, 0.717) is 12.4 Å². The summed E-state index contributed by atoms with van der Waals surface area (Å²) in [5.74, 6) is 2.14. The normalized spacial score (nSPS) is 11.9. The van der Waals surface area contributed by atoms with Crippen LogP contribution < -0.4 is 10.1 Å². The summed E-state index contributed by atoms with van der Waals surface area (Å²) in [6, 6.07) is 24.3. The second-order valence-corrected chi connectivity index (χ2v) is 7.22. The Balaban J connectivity index is 1.40. The first-order chi connectivity index (χ1) is 12.7. The summed E-state index contributed by atoms with van der Waals surface area (Å²) < 4.78 is 5.63. The molecule has 26 heavy (non-hydrogen) atoms. The lowest BCUT2D eigenvalue weighted by Gasteiger charge is -2.15. The summed E-state index contributed by atoms with van der Waals surface area (Å²) in [6.07, 6.45) is 0. The molecule has 0 aliphatic heterocycles. The molecule has 3 nitrogen and oxygen atoms in total. The summed E-state index contributed by atoms with van der Waals surface area (Å²) in [7, 11) is 0. The molecule has 0 saturated carbocycles. The topological polar surface area (TPSA) is 38.3 Å². The van der Waals surface area contributed by atoms with Crippen LogP contribution in [0, 0.1) is 0 Å². The van der Waals surface area contributed by atoms with Crippen molar-refractivity contribution < 1.29 is 9.53 Å². The molecular formula is C22H23NO2S. The van der Waals surface area contributed by atoms with Gasteiger partial charge in [0, 0.05) is 5.75 Å². The van der Waals surface area contributed by atoms with Gasteiger partial charge in [0.15, 0.2) is 0 Å². The second-order valence-electron chi connectivity index (χ2n) is 6.11. The molecule has 3 aromatic carbocycles. The molecule has 0 aliphatic rings. The van der Waals surface area contributed by atoms with E-state index in [9.17, 15) is 4.79 Å². The van der Waals surface area contributed by atoms with E-state index >= 15 is 0 Å². The molecule has 3 aromatic rings. The number of para-hydroxylation sites is 1. The lowest BCUT2D eigenvalue weighted by atomic mass is 10.0. The maximum Gasteiger partial charge on any atom is 0.230 e. The molecule has 1 N–H and O–H groups in total. The molecule has 0 bridgehead atoms. The first-order valence-corrected chi connectivity index (χ1v) is 9.91. The van der Waals surface area contributed by atoms with Crippen LogP contribution in [0.3, 0.4) is 0 Å². The van der Waals surface area contributed by atoms with Gasteiger partial charge in [-0.05, 0) is 41.5 Å². The quantitative estimate of drug-likeness (QED) is 0.581. The van der Waals surface area contributed by atoms with Crippen LogP contribution in [0.15, 0.2) is 72.8 Å². The monoisotopic (exact) mass is 365 g/mol.